The lowest BCUT2D eigenvalue weighted by atomic mass is 10.1. The first kappa shape index (κ1) is 22.8. The lowest BCUT2D eigenvalue weighted by Crippen LogP contribution is -2.46. The molecule has 0 aromatic heterocycles. The molecule has 2 N–H and O–H groups in total. The Labute approximate surface area is 196 Å². The van der Waals surface area contributed by atoms with Crippen molar-refractivity contribution in [1.82, 2.24) is 15.5 Å². The first-order chi connectivity index (χ1) is 15.9. The van der Waals surface area contributed by atoms with Crippen LogP contribution in [0.4, 0.5) is 4.79 Å². The van der Waals surface area contributed by atoms with Crippen molar-refractivity contribution in [3.63, 3.8) is 0 Å². The summed E-state index contributed by atoms with van der Waals surface area (Å²) >= 11 is 1.26. The molecular weight excluding hydrogens is 442 g/mol. The van der Waals surface area contributed by atoms with E-state index in [0.29, 0.717) is 29.1 Å². The molecule has 2 atom stereocenters. The van der Waals surface area contributed by atoms with Crippen LogP contribution in [0.3, 0.4) is 0 Å². The van der Waals surface area contributed by atoms with Crippen molar-refractivity contribution < 1.29 is 23.9 Å². The van der Waals surface area contributed by atoms with Gasteiger partial charge in [0.1, 0.15) is 5.54 Å². The number of nitrogens with one attached hydrogen (secondary N) is 2. The van der Waals surface area contributed by atoms with Gasteiger partial charge in [0.2, 0.25) is 6.10 Å². The average Bonchev–Trinajstić information content (AvgIpc) is 3.44. The van der Waals surface area contributed by atoms with E-state index >= 15 is 0 Å². The first-order valence-corrected chi connectivity index (χ1v) is 11.8. The molecule has 4 amide bonds. The highest BCUT2D eigenvalue weighted by Gasteiger charge is 2.42. The molecule has 4 rings (SSSR count). The van der Waals surface area contributed by atoms with E-state index in [1.54, 1.807) is 60.4 Å². The topological polar surface area (TPSA) is 105 Å². The molecule has 2 fully saturated rings. The van der Waals surface area contributed by atoms with E-state index in [0.717, 1.165) is 12.8 Å². The predicted octanol–water partition coefficient (Wildman–Crippen LogP) is 2.90. The van der Waals surface area contributed by atoms with Crippen LogP contribution in [-0.2, 0) is 14.3 Å². The van der Waals surface area contributed by atoms with Crippen LogP contribution in [0.2, 0.25) is 0 Å². The summed E-state index contributed by atoms with van der Waals surface area (Å²) in [5.74, 6) is -1.04. The fourth-order valence-electron chi connectivity index (χ4n) is 3.83. The predicted molar refractivity (Wildman–Crippen MR) is 123 cm³/mol. The molecule has 172 valence electrons. The normalized spacial score (nSPS) is 20.8. The molecule has 0 saturated carbocycles. The zero-order chi connectivity index (χ0) is 23.4. The van der Waals surface area contributed by atoms with E-state index in [9.17, 15) is 19.2 Å². The van der Waals surface area contributed by atoms with Gasteiger partial charge in [0, 0.05) is 29.3 Å². The molecule has 0 aliphatic carbocycles. The van der Waals surface area contributed by atoms with Crippen molar-refractivity contribution in [2.24, 2.45) is 0 Å². The van der Waals surface area contributed by atoms with Gasteiger partial charge in [0.05, 0.1) is 5.56 Å². The van der Waals surface area contributed by atoms with Gasteiger partial charge in [-0.15, -0.1) is 11.8 Å². The van der Waals surface area contributed by atoms with Crippen molar-refractivity contribution >= 4 is 35.6 Å². The van der Waals surface area contributed by atoms with Gasteiger partial charge in [-0.3, -0.25) is 14.9 Å². The molecule has 8 nitrogen and oxygen atoms in total. The Morgan fingerprint density at radius 3 is 2.39 bits per heavy atom. The number of rotatable bonds is 7. The summed E-state index contributed by atoms with van der Waals surface area (Å²) in [6.07, 6.45) is 0.833. The molecule has 2 unspecified atom stereocenters. The Kier molecular flexibility index (Phi) is 6.69. The van der Waals surface area contributed by atoms with Crippen molar-refractivity contribution in [3.05, 3.63) is 65.7 Å². The number of nitrogens with zero attached hydrogens (tertiary/aromatic N) is 1. The molecule has 2 aromatic rings. The molecule has 2 aliphatic rings. The second-order valence-electron chi connectivity index (χ2n) is 8.25. The van der Waals surface area contributed by atoms with Crippen molar-refractivity contribution in [2.45, 2.75) is 36.3 Å². The molecule has 0 bridgehead atoms. The fourth-order valence-corrected chi connectivity index (χ4v) is 4.96. The highest BCUT2D eigenvalue weighted by atomic mass is 32.2. The van der Waals surface area contributed by atoms with Crippen LogP contribution in [0.1, 0.15) is 41.8 Å². The maximum Gasteiger partial charge on any atom is 0.340 e. The fraction of sp³-hybridized carbons (Fsp3) is 0.333. The molecule has 9 heteroatoms. The van der Waals surface area contributed by atoms with Crippen molar-refractivity contribution in [1.29, 1.82) is 0 Å². The summed E-state index contributed by atoms with van der Waals surface area (Å²) in [4.78, 5) is 52.3. The minimum atomic E-state index is -1.09. The molecular formula is C24H25N3O5S. The third kappa shape index (κ3) is 5.03. The van der Waals surface area contributed by atoms with Crippen LogP contribution in [0.25, 0.3) is 0 Å². The highest BCUT2D eigenvalue weighted by Crippen LogP contribution is 2.30. The lowest BCUT2D eigenvalue weighted by Gasteiger charge is -2.24. The van der Waals surface area contributed by atoms with Gasteiger partial charge >= 0.3 is 12.0 Å². The standard InChI is InChI=1S/C24H25N3O5S/c1-24(22(30)25-23(31)26-24)15-33-18-12-6-5-11-17(18)21(29)32-19(16-9-3-2-4-10-16)20(28)27-13-7-8-14-27/h2-6,9-12,19H,7-8,13-15H2,1H3,(H2,25,26,30,31). The highest BCUT2D eigenvalue weighted by molar-refractivity contribution is 7.99. The van der Waals surface area contributed by atoms with Gasteiger partial charge in [0.25, 0.3) is 11.8 Å². The molecule has 2 heterocycles. The summed E-state index contributed by atoms with van der Waals surface area (Å²) in [6.45, 7) is 2.93. The van der Waals surface area contributed by atoms with E-state index in [4.69, 9.17) is 4.74 Å². The van der Waals surface area contributed by atoms with Crippen molar-refractivity contribution in [3.8, 4) is 0 Å². The minimum Gasteiger partial charge on any atom is -0.444 e. The minimum absolute atomic E-state index is 0.226. The molecule has 0 radical (unpaired) electrons. The Bertz CT molecular complexity index is 1070. The number of likely N-dealkylation sites (tertiary alicyclic amines) is 1. The molecule has 33 heavy (non-hydrogen) atoms. The number of hydrogen-bond donors (Lipinski definition) is 2. The molecule has 2 aromatic carbocycles. The second kappa shape index (κ2) is 9.66. The molecule has 0 spiro atoms. The smallest absolute Gasteiger partial charge is 0.340 e. The van der Waals surface area contributed by atoms with E-state index < -0.39 is 29.6 Å². The Hall–Kier alpha value is -3.33. The van der Waals surface area contributed by atoms with Crippen LogP contribution in [-0.4, -0.2) is 53.1 Å². The van der Waals surface area contributed by atoms with E-state index in [2.05, 4.69) is 10.6 Å². The third-order valence-corrected chi connectivity index (χ3v) is 7.10. The molecule has 2 saturated heterocycles. The Balaban J connectivity index is 1.53. The quantitative estimate of drug-likeness (QED) is 0.369. The summed E-state index contributed by atoms with van der Waals surface area (Å²) in [5.41, 5.74) is -0.173. The number of carbonyl (C=O) groups excluding carboxylic acids is 4. The third-order valence-electron chi connectivity index (χ3n) is 5.71. The van der Waals surface area contributed by atoms with Gasteiger partial charge in [-0.05, 0) is 31.9 Å². The number of imide groups is 1. The average molecular weight is 468 g/mol. The van der Waals surface area contributed by atoms with Crippen LogP contribution in [0.5, 0.6) is 0 Å². The van der Waals surface area contributed by atoms with Crippen LogP contribution in [0.15, 0.2) is 59.5 Å². The van der Waals surface area contributed by atoms with E-state index in [1.165, 1.54) is 11.8 Å². The monoisotopic (exact) mass is 467 g/mol. The number of thioether (sulfide) groups is 1. The lowest BCUT2D eigenvalue weighted by molar-refractivity contribution is -0.140. The summed E-state index contributed by atoms with van der Waals surface area (Å²) < 4.78 is 5.78. The Morgan fingerprint density at radius 2 is 1.73 bits per heavy atom. The number of esters is 1. The maximum atomic E-state index is 13.2. The van der Waals surface area contributed by atoms with Crippen LogP contribution >= 0.6 is 11.8 Å². The summed E-state index contributed by atoms with van der Waals surface area (Å²) in [5, 5.41) is 4.84. The van der Waals surface area contributed by atoms with Gasteiger partial charge in [-0.25, -0.2) is 9.59 Å². The first-order valence-electron chi connectivity index (χ1n) is 10.8. The van der Waals surface area contributed by atoms with Gasteiger partial charge in [0.15, 0.2) is 0 Å². The van der Waals surface area contributed by atoms with E-state index in [-0.39, 0.29) is 11.7 Å². The SMILES string of the molecule is CC1(CSc2ccccc2C(=O)OC(C(=O)N2CCCC2)c2ccccc2)NC(=O)NC1=O. The number of hydrogen-bond acceptors (Lipinski definition) is 6. The Morgan fingerprint density at radius 1 is 1.06 bits per heavy atom. The second-order valence-corrected chi connectivity index (χ2v) is 9.27. The van der Waals surface area contributed by atoms with Crippen LogP contribution < -0.4 is 10.6 Å². The maximum absolute atomic E-state index is 13.2. The van der Waals surface area contributed by atoms with Gasteiger partial charge < -0.3 is 15.0 Å². The van der Waals surface area contributed by atoms with E-state index in [1.807, 2.05) is 6.07 Å². The number of ether oxygens (including phenoxy) is 1. The summed E-state index contributed by atoms with van der Waals surface area (Å²) in [6, 6.07) is 15.3. The largest absolute Gasteiger partial charge is 0.444 e. The van der Waals surface area contributed by atoms with Gasteiger partial charge in [-0.2, -0.15) is 0 Å². The van der Waals surface area contributed by atoms with Gasteiger partial charge in [-0.1, -0.05) is 42.5 Å². The number of benzene rings is 2. The molecule has 2 aliphatic heterocycles. The summed E-state index contributed by atoms with van der Waals surface area (Å²) in [7, 11) is 0. The number of carbonyl (C=O) groups is 4. The van der Waals surface area contributed by atoms with Crippen molar-refractivity contribution in [2.75, 3.05) is 18.8 Å². The zero-order valence-corrected chi connectivity index (χ0v) is 19.0. The zero-order valence-electron chi connectivity index (χ0n) is 18.2. The number of urea groups is 1. The van der Waals surface area contributed by atoms with Crippen LogP contribution in [0, 0.1) is 0 Å². The number of amides is 4.